The Morgan fingerprint density at radius 3 is 2.80 bits per heavy atom. The molecule has 130 valence electrons. The van der Waals surface area contributed by atoms with Crippen molar-refractivity contribution in [3.05, 3.63) is 34.9 Å². The van der Waals surface area contributed by atoms with E-state index in [1.54, 1.807) is 12.1 Å². The van der Waals surface area contributed by atoms with E-state index in [-0.39, 0.29) is 23.0 Å². The van der Waals surface area contributed by atoms with Gasteiger partial charge in [-0.3, -0.25) is 0 Å². The number of unbranched alkanes of at least 4 members (excludes halogenated alkanes) is 3. The van der Waals surface area contributed by atoms with Crippen molar-refractivity contribution in [2.45, 2.75) is 44.9 Å². The van der Waals surface area contributed by atoms with E-state index in [9.17, 15) is 10.4 Å². The van der Waals surface area contributed by atoms with E-state index in [1.807, 2.05) is 12.1 Å². The first-order valence-electron chi connectivity index (χ1n) is 8.56. The molecule has 0 amide bonds. The van der Waals surface area contributed by atoms with Crippen LogP contribution in [-0.2, 0) is 0 Å². The first kappa shape index (κ1) is 16.9. The fourth-order valence-corrected chi connectivity index (χ4v) is 3.38. The minimum absolute atomic E-state index is 0.0311. The van der Waals surface area contributed by atoms with E-state index in [0.29, 0.717) is 17.3 Å². The van der Waals surface area contributed by atoms with E-state index in [4.69, 9.17) is 16.2 Å². The highest BCUT2D eigenvalue weighted by molar-refractivity contribution is 5.73. The van der Waals surface area contributed by atoms with Gasteiger partial charge in [0.05, 0.1) is 5.69 Å². The number of aromatic hydroxyl groups is 1. The van der Waals surface area contributed by atoms with Gasteiger partial charge in [-0.25, -0.2) is 0 Å². The SMILES string of the molecule is CCCCCCC1c2ccc(O)cc2Oc2nc(N)c(C#N)c(N)c21. The van der Waals surface area contributed by atoms with Gasteiger partial charge in [-0.1, -0.05) is 38.7 Å². The Balaban J connectivity index is 2.08. The highest BCUT2D eigenvalue weighted by Crippen LogP contribution is 2.49. The lowest BCUT2D eigenvalue weighted by Gasteiger charge is -2.29. The van der Waals surface area contributed by atoms with Gasteiger partial charge in [-0.15, -0.1) is 0 Å². The van der Waals surface area contributed by atoms with Gasteiger partial charge in [-0.2, -0.15) is 10.2 Å². The number of hydrogen-bond donors (Lipinski definition) is 3. The zero-order chi connectivity index (χ0) is 18.0. The predicted octanol–water partition coefficient (Wildman–Crippen LogP) is 4.03. The lowest BCUT2D eigenvalue weighted by Crippen LogP contribution is -2.16. The molecule has 5 N–H and O–H groups in total. The van der Waals surface area contributed by atoms with Crippen LogP contribution < -0.4 is 16.2 Å². The van der Waals surface area contributed by atoms with Gasteiger partial charge in [0.25, 0.3) is 0 Å². The van der Waals surface area contributed by atoms with Gasteiger partial charge in [0.15, 0.2) is 0 Å². The molecule has 0 saturated heterocycles. The average Bonchev–Trinajstić information content (AvgIpc) is 2.57. The Hall–Kier alpha value is -2.94. The first-order chi connectivity index (χ1) is 12.1. The maximum Gasteiger partial charge on any atom is 0.227 e. The van der Waals surface area contributed by atoms with E-state index >= 15 is 0 Å². The molecule has 3 rings (SSSR count). The third-order valence-electron chi connectivity index (χ3n) is 4.65. The number of nitrogen functional groups attached to an aromatic ring is 2. The average molecular weight is 338 g/mol. The lowest BCUT2D eigenvalue weighted by atomic mass is 9.83. The van der Waals surface area contributed by atoms with Gasteiger partial charge in [0.2, 0.25) is 5.88 Å². The summed E-state index contributed by atoms with van der Waals surface area (Å²) >= 11 is 0. The van der Waals surface area contributed by atoms with Gasteiger partial charge in [0, 0.05) is 23.1 Å². The Morgan fingerprint density at radius 1 is 1.28 bits per heavy atom. The van der Waals surface area contributed by atoms with Crippen molar-refractivity contribution in [1.82, 2.24) is 4.98 Å². The third kappa shape index (κ3) is 3.05. The van der Waals surface area contributed by atoms with E-state index < -0.39 is 0 Å². The van der Waals surface area contributed by atoms with Crippen molar-refractivity contribution in [1.29, 1.82) is 5.26 Å². The molecule has 25 heavy (non-hydrogen) atoms. The second-order valence-corrected chi connectivity index (χ2v) is 6.34. The molecule has 0 bridgehead atoms. The molecule has 1 aliphatic heterocycles. The number of nitriles is 1. The molecular formula is C19H22N4O2. The third-order valence-corrected chi connectivity index (χ3v) is 4.65. The Bertz CT molecular complexity index is 842. The van der Waals surface area contributed by atoms with Crippen LogP contribution in [0.2, 0.25) is 0 Å². The van der Waals surface area contributed by atoms with E-state index in [2.05, 4.69) is 11.9 Å². The molecule has 6 nitrogen and oxygen atoms in total. The zero-order valence-corrected chi connectivity index (χ0v) is 14.2. The van der Waals surface area contributed by atoms with Crippen LogP contribution in [0.5, 0.6) is 17.4 Å². The minimum Gasteiger partial charge on any atom is -0.508 e. The topological polar surface area (TPSA) is 118 Å². The number of anilines is 2. The van der Waals surface area contributed by atoms with Crippen molar-refractivity contribution in [2.75, 3.05) is 11.5 Å². The zero-order valence-electron chi connectivity index (χ0n) is 14.2. The Labute approximate surface area is 147 Å². The molecule has 1 aromatic heterocycles. The van der Waals surface area contributed by atoms with Crippen LogP contribution in [0, 0.1) is 11.3 Å². The summed E-state index contributed by atoms with van der Waals surface area (Å²) in [7, 11) is 0. The fraction of sp³-hybridized carbons (Fsp3) is 0.368. The molecule has 2 aromatic rings. The van der Waals surface area contributed by atoms with Crippen molar-refractivity contribution in [3.8, 4) is 23.4 Å². The summed E-state index contributed by atoms with van der Waals surface area (Å²) in [5.41, 5.74) is 14.3. The number of nitrogens with two attached hydrogens (primary N) is 2. The Morgan fingerprint density at radius 2 is 2.08 bits per heavy atom. The summed E-state index contributed by atoms with van der Waals surface area (Å²) in [4.78, 5) is 4.24. The number of pyridine rings is 1. The number of phenolic OH excluding ortho intramolecular Hbond substituents is 1. The predicted molar refractivity (Wildman–Crippen MR) is 96.6 cm³/mol. The smallest absolute Gasteiger partial charge is 0.227 e. The quantitative estimate of drug-likeness (QED) is 0.708. The second kappa shape index (κ2) is 6.89. The van der Waals surface area contributed by atoms with Crippen LogP contribution >= 0.6 is 0 Å². The molecule has 1 aliphatic rings. The summed E-state index contributed by atoms with van der Waals surface area (Å²) in [5, 5.41) is 19.1. The van der Waals surface area contributed by atoms with Gasteiger partial charge < -0.3 is 21.3 Å². The molecule has 0 radical (unpaired) electrons. The number of hydrogen-bond acceptors (Lipinski definition) is 6. The van der Waals surface area contributed by atoms with E-state index in [1.165, 1.54) is 6.42 Å². The highest BCUT2D eigenvalue weighted by Gasteiger charge is 2.32. The van der Waals surface area contributed by atoms with Gasteiger partial charge >= 0.3 is 0 Å². The summed E-state index contributed by atoms with van der Waals surface area (Å²) in [6.45, 7) is 2.17. The number of benzene rings is 1. The Kier molecular flexibility index (Phi) is 4.66. The number of ether oxygens (including phenoxy) is 1. The molecule has 0 aliphatic carbocycles. The molecule has 1 unspecified atom stereocenters. The molecule has 0 saturated carbocycles. The van der Waals surface area contributed by atoms with Crippen LogP contribution in [0.4, 0.5) is 11.5 Å². The summed E-state index contributed by atoms with van der Waals surface area (Å²) in [6, 6.07) is 7.09. The minimum atomic E-state index is -0.0311. The van der Waals surface area contributed by atoms with Crippen LogP contribution in [0.1, 0.15) is 61.6 Å². The number of rotatable bonds is 5. The normalized spacial score (nSPS) is 15.0. The van der Waals surface area contributed by atoms with Crippen molar-refractivity contribution < 1.29 is 9.84 Å². The highest BCUT2D eigenvalue weighted by atomic mass is 16.5. The van der Waals surface area contributed by atoms with Crippen molar-refractivity contribution in [3.63, 3.8) is 0 Å². The number of nitrogens with zero attached hydrogens (tertiary/aromatic N) is 2. The molecule has 1 aromatic carbocycles. The number of phenols is 1. The van der Waals surface area contributed by atoms with Crippen LogP contribution in [0.25, 0.3) is 0 Å². The van der Waals surface area contributed by atoms with Crippen molar-refractivity contribution >= 4 is 11.5 Å². The molecular weight excluding hydrogens is 316 g/mol. The second-order valence-electron chi connectivity index (χ2n) is 6.34. The molecule has 6 heteroatoms. The summed E-state index contributed by atoms with van der Waals surface area (Å²) in [5.74, 6) is 1.04. The molecule has 0 fully saturated rings. The molecule has 0 spiro atoms. The summed E-state index contributed by atoms with van der Waals surface area (Å²) < 4.78 is 5.84. The van der Waals surface area contributed by atoms with E-state index in [0.717, 1.165) is 36.8 Å². The van der Waals surface area contributed by atoms with Gasteiger partial charge in [0.1, 0.15) is 28.9 Å². The number of fused-ring (bicyclic) bond motifs is 2. The number of aromatic nitrogens is 1. The largest absolute Gasteiger partial charge is 0.508 e. The van der Waals surface area contributed by atoms with Gasteiger partial charge in [-0.05, 0) is 12.5 Å². The van der Waals surface area contributed by atoms with Crippen molar-refractivity contribution in [2.24, 2.45) is 0 Å². The maximum atomic E-state index is 9.77. The first-order valence-corrected chi connectivity index (χ1v) is 8.56. The standard InChI is InChI=1S/C19H22N4O2/c1-2-3-4-5-6-13-12-8-7-11(24)9-15(12)25-19-16(13)17(21)14(10-20)18(22)23-19/h7-9,13,24H,2-6H2,1H3,(H4,21,22,23). The van der Waals surface area contributed by atoms with Crippen LogP contribution in [0.3, 0.4) is 0 Å². The van der Waals surface area contributed by atoms with Crippen LogP contribution in [-0.4, -0.2) is 10.1 Å². The fourth-order valence-electron chi connectivity index (χ4n) is 3.38. The maximum absolute atomic E-state index is 9.77. The molecule has 2 heterocycles. The monoisotopic (exact) mass is 338 g/mol. The summed E-state index contributed by atoms with van der Waals surface area (Å²) in [6.07, 6.45) is 5.37. The lowest BCUT2D eigenvalue weighted by molar-refractivity contribution is 0.412. The van der Waals surface area contributed by atoms with Crippen LogP contribution in [0.15, 0.2) is 18.2 Å². The molecule has 1 atom stereocenters.